The van der Waals surface area contributed by atoms with Gasteiger partial charge in [-0.25, -0.2) is 17.9 Å². The first kappa shape index (κ1) is 22.7. The third-order valence-corrected chi connectivity index (χ3v) is 6.35. The highest BCUT2D eigenvalue weighted by molar-refractivity contribution is 7.89. The molecule has 0 saturated heterocycles. The molecule has 2 aromatic carbocycles. The van der Waals surface area contributed by atoms with Crippen molar-refractivity contribution in [2.75, 3.05) is 19.0 Å². The molecule has 2 rings (SSSR count). The van der Waals surface area contributed by atoms with Gasteiger partial charge in [-0.15, -0.1) is 0 Å². The lowest BCUT2D eigenvalue weighted by molar-refractivity contribution is -0.119. The number of anilines is 1. The van der Waals surface area contributed by atoms with Crippen LogP contribution in [-0.2, 0) is 19.6 Å². The lowest BCUT2D eigenvalue weighted by Gasteiger charge is -2.12. The van der Waals surface area contributed by atoms with Crippen LogP contribution in [0, 0.1) is 0 Å². The molecule has 0 aliphatic heterocycles. The van der Waals surface area contributed by atoms with Crippen LogP contribution < -0.4 is 10.0 Å². The summed E-state index contributed by atoms with van der Waals surface area (Å²) in [5, 5.41) is 2.45. The molecule has 0 radical (unpaired) electrons. The minimum atomic E-state index is -3.74. The highest BCUT2D eigenvalue weighted by atomic mass is 35.5. The van der Waals surface area contributed by atoms with Crippen LogP contribution in [0.2, 0.25) is 20.1 Å². The molecule has 0 spiro atoms. The second kappa shape index (κ2) is 9.30. The molecule has 0 fully saturated rings. The number of esters is 1. The van der Waals surface area contributed by atoms with Crippen LogP contribution in [0.4, 0.5) is 5.69 Å². The number of sulfonamides is 1. The standard InChI is InChI=1S/C16H12Cl4N2O5S/c1-21-28(25,26)9-4-2-3-8(5-9)16(24)27-7-12(23)22-15-13(19)10(17)6-11(18)14(15)20/h2-6,21H,7H2,1H3,(H,22,23). The maximum absolute atomic E-state index is 12.1. The zero-order valence-electron chi connectivity index (χ0n) is 14.1. The Labute approximate surface area is 180 Å². The minimum Gasteiger partial charge on any atom is -0.452 e. The van der Waals surface area contributed by atoms with Gasteiger partial charge in [-0.05, 0) is 31.3 Å². The second-order valence-electron chi connectivity index (χ2n) is 5.20. The predicted octanol–water partition coefficient (Wildman–Crippen LogP) is 4.00. The van der Waals surface area contributed by atoms with Crippen LogP contribution in [-0.4, -0.2) is 33.9 Å². The molecule has 0 aromatic heterocycles. The number of amides is 1. The zero-order valence-corrected chi connectivity index (χ0v) is 17.9. The van der Waals surface area contributed by atoms with E-state index in [1.165, 1.54) is 31.3 Å². The van der Waals surface area contributed by atoms with Crippen LogP contribution in [0.15, 0.2) is 35.2 Å². The predicted molar refractivity (Wildman–Crippen MR) is 108 cm³/mol. The molecular formula is C16H12Cl4N2O5S. The summed E-state index contributed by atoms with van der Waals surface area (Å²) in [6.07, 6.45) is 0. The van der Waals surface area contributed by atoms with Gasteiger partial charge < -0.3 is 10.1 Å². The first-order chi connectivity index (χ1) is 13.1. The van der Waals surface area contributed by atoms with Gasteiger partial charge in [0.25, 0.3) is 5.91 Å². The third kappa shape index (κ3) is 5.28. The highest BCUT2D eigenvalue weighted by Crippen LogP contribution is 2.40. The third-order valence-electron chi connectivity index (χ3n) is 3.36. The smallest absolute Gasteiger partial charge is 0.338 e. The summed E-state index contributed by atoms with van der Waals surface area (Å²) in [7, 11) is -2.50. The number of carbonyl (C=O) groups is 2. The average molecular weight is 486 g/mol. The van der Waals surface area contributed by atoms with Crippen molar-refractivity contribution in [2.24, 2.45) is 0 Å². The first-order valence-corrected chi connectivity index (χ1v) is 10.4. The molecule has 2 N–H and O–H groups in total. The van der Waals surface area contributed by atoms with Gasteiger partial charge in [0.15, 0.2) is 6.61 Å². The fraction of sp³-hybridized carbons (Fsp3) is 0.125. The number of hydrogen-bond acceptors (Lipinski definition) is 5. The normalized spacial score (nSPS) is 11.2. The van der Waals surface area contributed by atoms with Crippen LogP contribution in [0.25, 0.3) is 0 Å². The van der Waals surface area contributed by atoms with E-state index in [9.17, 15) is 18.0 Å². The molecular weight excluding hydrogens is 474 g/mol. The molecule has 150 valence electrons. The fourth-order valence-electron chi connectivity index (χ4n) is 1.98. The van der Waals surface area contributed by atoms with Crippen molar-refractivity contribution >= 4 is 74.0 Å². The molecule has 28 heavy (non-hydrogen) atoms. The van der Waals surface area contributed by atoms with E-state index in [0.29, 0.717) is 0 Å². The zero-order chi connectivity index (χ0) is 21.1. The van der Waals surface area contributed by atoms with Crippen molar-refractivity contribution in [1.29, 1.82) is 0 Å². The van der Waals surface area contributed by atoms with E-state index in [2.05, 4.69) is 10.0 Å². The largest absolute Gasteiger partial charge is 0.452 e. The molecule has 7 nitrogen and oxygen atoms in total. The van der Waals surface area contributed by atoms with Gasteiger partial charge in [0.2, 0.25) is 10.0 Å². The second-order valence-corrected chi connectivity index (χ2v) is 8.66. The van der Waals surface area contributed by atoms with Gasteiger partial charge >= 0.3 is 5.97 Å². The Balaban J connectivity index is 2.08. The van der Waals surface area contributed by atoms with Crippen LogP contribution in [0.3, 0.4) is 0 Å². The summed E-state index contributed by atoms with van der Waals surface area (Å²) < 4.78 is 30.6. The van der Waals surface area contributed by atoms with Crippen molar-refractivity contribution in [3.63, 3.8) is 0 Å². The van der Waals surface area contributed by atoms with E-state index < -0.39 is 28.5 Å². The van der Waals surface area contributed by atoms with Crippen molar-refractivity contribution < 1.29 is 22.7 Å². The maximum Gasteiger partial charge on any atom is 0.338 e. The number of nitrogens with one attached hydrogen (secondary N) is 2. The number of benzene rings is 2. The van der Waals surface area contributed by atoms with E-state index in [1.54, 1.807) is 0 Å². The van der Waals surface area contributed by atoms with E-state index in [1.807, 2.05) is 0 Å². The Morgan fingerprint density at radius 3 is 2.21 bits per heavy atom. The Hall–Kier alpha value is -1.55. The fourth-order valence-corrected chi connectivity index (χ4v) is 3.66. The molecule has 0 aliphatic carbocycles. The van der Waals surface area contributed by atoms with Crippen molar-refractivity contribution in [1.82, 2.24) is 4.72 Å². The van der Waals surface area contributed by atoms with E-state index in [0.717, 1.165) is 6.07 Å². The van der Waals surface area contributed by atoms with Crippen LogP contribution >= 0.6 is 46.4 Å². The summed E-state index contributed by atoms with van der Waals surface area (Å²) in [5.41, 5.74) is -0.0741. The summed E-state index contributed by atoms with van der Waals surface area (Å²) >= 11 is 23.7. The van der Waals surface area contributed by atoms with Gasteiger partial charge in [0.1, 0.15) is 0 Å². The van der Waals surface area contributed by atoms with Gasteiger partial charge in [0, 0.05) is 0 Å². The minimum absolute atomic E-state index is 0.0241. The van der Waals surface area contributed by atoms with Gasteiger partial charge in [-0.2, -0.15) is 0 Å². The number of halogens is 4. The van der Waals surface area contributed by atoms with Crippen molar-refractivity contribution in [3.05, 3.63) is 56.0 Å². The summed E-state index contributed by atoms with van der Waals surface area (Å²) in [6.45, 7) is -0.682. The van der Waals surface area contributed by atoms with Crippen molar-refractivity contribution in [2.45, 2.75) is 4.90 Å². The highest BCUT2D eigenvalue weighted by Gasteiger charge is 2.19. The Morgan fingerprint density at radius 2 is 1.64 bits per heavy atom. The van der Waals surface area contributed by atoms with Crippen molar-refractivity contribution in [3.8, 4) is 0 Å². The molecule has 1 amide bonds. The summed E-state index contributed by atoms with van der Waals surface area (Å²) in [4.78, 5) is 24.0. The van der Waals surface area contributed by atoms with Crippen LogP contribution in [0.5, 0.6) is 0 Å². The molecule has 0 saturated carbocycles. The number of rotatable bonds is 6. The maximum atomic E-state index is 12.1. The summed E-state index contributed by atoms with van der Waals surface area (Å²) in [6, 6.07) is 6.46. The van der Waals surface area contributed by atoms with Gasteiger partial charge in [0.05, 0.1) is 36.2 Å². The Morgan fingerprint density at radius 1 is 1.04 bits per heavy atom. The molecule has 2 aromatic rings. The van der Waals surface area contributed by atoms with E-state index in [4.69, 9.17) is 51.1 Å². The number of hydrogen-bond donors (Lipinski definition) is 2. The number of ether oxygens (including phenoxy) is 1. The molecule has 0 aliphatic rings. The average Bonchev–Trinajstić information content (AvgIpc) is 2.68. The Bertz CT molecular complexity index is 1020. The Kier molecular flexibility index (Phi) is 7.55. The molecule has 12 heteroatoms. The topological polar surface area (TPSA) is 102 Å². The van der Waals surface area contributed by atoms with E-state index >= 15 is 0 Å². The molecule has 0 heterocycles. The quantitative estimate of drug-likeness (QED) is 0.475. The molecule has 0 atom stereocenters. The first-order valence-electron chi connectivity index (χ1n) is 7.40. The SMILES string of the molecule is CNS(=O)(=O)c1cccc(C(=O)OCC(=O)Nc2c(Cl)c(Cl)cc(Cl)c2Cl)c1. The van der Waals surface area contributed by atoms with Crippen LogP contribution in [0.1, 0.15) is 10.4 Å². The van der Waals surface area contributed by atoms with Gasteiger partial charge in [-0.1, -0.05) is 52.5 Å². The lowest BCUT2D eigenvalue weighted by atomic mass is 10.2. The number of carbonyl (C=O) groups excluding carboxylic acids is 2. The monoisotopic (exact) mass is 484 g/mol. The summed E-state index contributed by atoms with van der Waals surface area (Å²) in [5.74, 6) is -1.65. The lowest BCUT2D eigenvalue weighted by Crippen LogP contribution is -2.22. The van der Waals surface area contributed by atoms with E-state index in [-0.39, 0.29) is 36.2 Å². The molecule has 0 unspecified atom stereocenters. The molecule has 0 bridgehead atoms. The van der Waals surface area contributed by atoms with Gasteiger partial charge in [-0.3, -0.25) is 4.79 Å².